The predicted molar refractivity (Wildman–Crippen MR) is 165 cm³/mol. The van der Waals surface area contributed by atoms with Gasteiger partial charge in [0, 0.05) is 30.1 Å². The van der Waals surface area contributed by atoms with E-state index in [0.717, 1.165) is 17.2 Å². The monoisotopic (exact) mass is 515 g/mol. The van der Waals surface area contributed by atoms with Crippen molar-refractivity contribution >= 4 is 0 Å². The average Bonchev–Trinajstić information content (AvgIpc) is 3.44. The van der Waals surface area contributed by atoms with Gasteiger partial charge in [-0.2, -0.15) is 0 Å². The smallest absolute Gasteiger partial charge is 0.129 e. The van der Waals surface area contributed by atoms with Crippen LogP contribution in [0, 0.1) is 12.3 Å². The molecule has 1 unspecified atom stereocenters. The maximum atomic E-state index is 6.61. The van der Waals surface area contributed by atoms with Crippen molar-refractivity contribution in [1.29, 1.82) is 0 Å². The molecule has 5 rings (SSSR count). The van der Waals surface area contributed by atoms with Gasteiger partial charge in [0.2, 0.25) is 0 Å². The molecule has 0 amide bonds. The predicted octanol–water partition coefficient (Wildman–Crippen LogP) is 10.5. The molecule has 3 aromatic carbocycles. The summed E-state index contributed by atoms with van der Waals surface area (Å²) in [4.78, 5) is 0. The normalized spacial score (nSPS) is 15.5. The lowest BCUT2D eigenvalue weighted by Gasteiger charge is -2.22. The van der Waals surface area contributed by atoms with Crippen LogP contribution in [0.3, 0.4) is 0 Å². The second kappa shape index (κ2) is 10.1. The van der Waals surface area contributed by atoms with Crippen molar-refractivity contribution in [3.63, 3.8) is 0 Å². The summed E-state index contributed by atoms with van der Waals surface area (Å²) in [7, 11) is 0. The van der Waals surface area contributed by atoms with Gasteiger partial charge in [0.15, 0.2) is 0 Å². The molecule has 0 saturated heterocycles. The average molecular weight is 516 g/mol. The van der Waals surface area contributed by atoms with Crippen LogP contribution in [0.2, 0.25) is 0 Å². The van der Waals surface area contributed by atoms with E-state index >= 15 is 0 Å². The van der Waals surface area contributed by atoms with E-state index in [4.69, 9.17) is 4.74 Å². The van der Waals surface area contributed by atoms with Gasteiger partial charge in [-0.3, -0.25) is 0 Å². The van der Waals surface area contributed by atoms with Crippen LogP contribution in [0.5, 0.6) is 11.5 Å². The molecule has 0 N–H and O–H groups in total. The van der Waals surface area contributed by atoms with E-state index in [1.54, 1.807) is 0 Å². The molecular formula is C37H41NO. The van der Waals surface area contributed by atoms with Crippen LogP contribution < -0.4 is 4.74 Å². The van der Waals surface area contributed by atoms with Crippen LogP contribution in [-0.4, -0.2) is 4.57 Å². The van der Waals surface area contributed by atoms with Gasteiger partial charge >= 0.3 is 0 Å². The summed E-state index contributed by atoms with van der Waals surface area (Å²) in [5.74, 6) is 1.91. The molecule has 2 nitrogen and oxygen atoms in total. The summed E-state index contributed by atoms with van der Waals surface area (Å²) < 4.78 is 8.78. The molecule has 0 spiro atoms. The molecule has 0 fully saturated rings. The summed E-state index contributed by atoms with van der Waals surface area (Å²) in [5.41, 5.74) is 10.3. The quantitative estimate of drug-likeness (QED) is 0.241. The lowest BCUT2D eigenvalue weighted by atomic mass is 9.85. The molecule has 2 heteroatoms. The molecule has 0 radical (unpaired) electrons. The van der Waals surface area contributed by atoms with Crippen molar-refractivity contribution in [2.45, 2.75) is 66.7 Å². The Morgan fingerprint density at radius 3 is 2.23 bits per heavy atom. The number of ether oxygens (including phenoxy) is 1. The van der Waals surface area contributed by atoms with Crippen LogP contribution >= 0.6 is 0 Å². The first-order valence-corrected chi connectivity index (χ1v) is 14.0. The third-order valence-corrected chi connectivity index (χ3v) is 7.72. The largest absolute Gasteiger partial charge is 0.457 e. The number of hydrogen-bond acceptors (Lipinski definition) is 1. The summed E-state index contributed by atoms with van der Waals surface area (Å²) in [6, 6.07) is 24.1. The third-order valence-electron chi connectivity index (χ3n) is 7.72. The van der Waals surface area contributed by atoms with Crippen LogP contribution in [0.4, 0.5) is 0 Å². The lowest BCUT2D eigenvalue weighted by molar-refractivity contribution is 0.477. The van der Waals surface area contributed by atoms with E-state index in [2.05, 4.69) is 157 Å². The molecule has 1 atom stereocenters. The molecule has 0 saturated carbocycles. The summed E-state index contributed by atoms with van der Waals surface area (Å²) in [6.07, 6.45) is 11.2. The van der Waals surface area contributed by atoms with Crippen LogP contribution in [-0.2, 0) is 5.41 Å². The van der Waals surface area contributed by atoms with Gasteiger partial charge in [0.05, 0.1) is 0 Å². The first kappa shape index (κ1) is 26.8. The second-order valence-electron chi connectivity index (χ2n) is 12.8. The first-order chi connectivity index (χ1) is 18.4. The van der Waals surface area contributed by atoms with Crippen molar-refractivity contribution in [2.24, 2.45) is 5.41 Å². The van der Waals surface area contributed by atoms with E-state index in [-0.39, 0.29) is 16.7 Å². The number of nitrogens with zero attached hydrogens (tertiary/aromatic N) is 1. The zero-order valence-corrected chi connectivity index (χ0v) is 24.7. The number of aryl methyl sites for hydroxylation is 1. The fraction of sp³-hybridized carbons (Fsp3) is 0.297. The van der Waals surface area contributed by atoms with E-state index in [1.807, 2.05) is 0 Å². The first-order valence-electron chi connectivity index (χ1n) is 14.0. The molecule has 1 aromatic heterocycles. The van der Waals surface area contributed by atoms with E-state index < -0.39 is 0 Å². The Kier molecular flexibility index (Phi) is 6.93. The number of hydrogen-bond donors (Lipinski definition) is 0. The molecule has 1 heterocycles. The molecule has 200 valence electrons. The van der Waals surface area contributed by atoms with Crippen molar-refractivity contribution in [3.05, 3.63) is 125 Å². The van der Waals surface area contributed by atoms with Gasteiger partial charge in [-0.25, -0.2) is 0 Å². The molecule has 1 aliphatic rings. The minimum absolute atomic E-state index is 0.00332. The number of allylic oxidation sites excluding steroid dienone is 4. The molecule has 0 aliphatic heterocycles. The van der Waals surface area contributed by atoms with Crippen molar-refractivity contribution in [1.82, 2.24) is 4.57 Å². The van der Waals surface area contributed by atoms with Crippen molar-refractivity contribution in [3.8, 4) is 28.3 Å². The zero-order chi connectivity index (χ0) is 27.9. The zero-order valence-electron chi connectivity index (χ0n) is 24.7. The SMILES string of the molecule is C/C=C(\C=C\C1c2ccccc2-c2ccc(Oc3cc(-n4ccc(C)c4)cc(C(C)(C)C)c3)cc21)C(C)(C)C. The van der Waals surface area contributed by atoms with Crippen LogP contribution in [0.15, 0.2) is 103 Å². The van der Waals surface area contributed by atoms with E-state index in [0.29, 0.717) is 0 Å². The standard InChI is InChI=1S/C37H41NO/c1-9-26(36(3,4)5)14-16-33-31-12-10-11-13-32(31)34-17-15-29(23-35(33)34)39-30-21-27(37(6,7)8)20-28(22-30)38-19-18-25(2)24-38/h9-24,33H,1-8H3/b16-14+,26-9+. The highest BCUT2D eigenvalue weighted by atomic mass is 16.5. The van der Waals surface area contributed by atoms with E-state index in [1.165, 1.54) is 39.0 Å². The maximum absolute atomic E-state index is 6.61. The molecule has 0 bridgehead atoms. The molecule has 39 heavy (non-hydrogen) atoms. The van der Waals surface area contributed by atoms with Crippen LogP contribution in [0.25, 0.3) is 16.8 Å². The number of aromatic nitrogens is 1. The molecular weight excluding hydrogens is 474 g/mol. The van der Waals surface area contributed by atoms with Gasteiger partial charge < -0.3 is 9.30 Å². The second-order valence-corrected chi connectivity index (χ2v) is 12.8. The summed E-state index contributed by atoms with van der Waals surface area (Å²) in [6.45, 7) is 17.8. The Bertz CT molecular complexity index is 1570. The number of benzene rings is 3. The highest BCUT2D eigenvalue weighted by molar-refractivity contribution is 5.80. The summed E-state index contributed by atoms with van der Waals surface area (Å²) in [5, 5.41) is 0. The number of fused-ring (bicyclic) bond motifs is 3. The Morgan fingerprint density at radius 2 is 1.56 bits per heavy atom. The van der Waals surface area contributed by atoms with Crippen molar-refractivity contribution in [2.75, 3.05) is 0 Å². The highest BCUT2D eigenvalue weighted by Crippen LogP contribution is 2.47. The minimum Gasteiger partial charge on any atom is -0.457 e. The van der Waals surface area contributed by atoms with Gasteiger partial charge in [-0.05, 0) is 94.0 Å². The Balaban J connectivity index is 1.54. The third kappa shape index (κ3) is 5.52. The van der Waals surface area contributed by atoms with Gasteiger partial charge in [0.25, 0.3) is 0 Å². The minimum atomic E-state index is 0.00332. The highest BCUT2D eigenvalue weighted by Gasteiger charge is 2.28. The number of rotatable bonds is 5. The van der Waals surface area contributed by atoms with Gasteiger partial charge in [-0.1, -0.05) is 90.1 Å². The Labute approximate surface area is 234 Å². The van der Waals surface area contributed by atoms with E-state index in [9.17, 15) is 0 Å². The Hall–Kier alpha value is -3.78. The molecule has 1 aliphatic carbocycles. The Morgan fingerprint density at radius 1 is 0.821 bits per heavy atom. The summed E-state index contributed by atoms with van der Waals surface area (Å²) >= 11 is 0. The fourth-order valence-corrected chi connectivity index (χ4v) is 5.50. The fourth-order valence-electron chi connectivity index (χ4n) is 5.50. The van der Waals surface area contributed by atoms with Gasteiger partial charge in [0.1, 0.15) is 11.5 Å². The molecule has 4 aromatic rings. The topological polar surface area (TPSA) is 14.2 Å². The maximum Gasteiger partial charge on any atom is 0.129 e. The lowest BCUT2D eigenvalue weighted by Crippen LogP contribution is -2.12. The van der Waals surface area contributed by atoms with Crippen molar-refractivity contribution < 1.29 is 4.74 Å². The van der Waals surface area contributed by atoms with Crippen LogP contribution in [0.1, 0.15) is 76.6 Å². The van der Waals surface area contributed by atoms with Gasteiger partial charge in [-0.15, -0.1) is 0 Å².